The van der Waals surface area contributed by atoms with Gasteiger partial charge in [-0.2, -0.15) is 0 Å². The molecule has 0 spiro atoms. The van der Waals surface area contributed by atoms with Crippen molar-refractivity contribution in [2.24, 2.45) is 0 Å². The SMILES string of the molecule is COc1cc(-n2c(=O)[nH]cc(C(C)=O)c2=O)c(Br)cc1Br. The van der Waals surface area contributed by atoms with E-state index in [2.05, 4.69) is 36.8 Å². The number of carbonyl (C=O) groups excluding carboxylic acids is 1. The van der Waals surface area contributed by atoms with Crippen LogP contribution < -0.4 is 16.0 Å². The summed E-state index contributed by atoms with van der Waals surface area (Å²) in [6.45, 7) is 1.26. The van der Waals surface area contributed by atoms with E-state index < -0.39 is 17.0 Å². The van der Waals surface area contributed by atoms with Gasteiger partial charge in [0.1, 0.15) is 5.75 Å². The summed E-state index contributed by atoms with van der Waals surface area (Å²) < 4.78 is 7.21. The van der Waals surface area contributed by atoms with Crippen LogP contribution in [0.3, 0.4) is 0 Å². The van der Waals surface area contributed by atoms with Crippen LogP contribution in [0.4, 0.5) is 0 Å². The highest BCUT2D eigenvalue weighted by Crippen LogP contribution is 2.32. The first-order chi connectivity index (χ1) is 9.86. The van der Waals surface area contributed by atoms with Crippen LogP contribution in [0.25, 0.3) is 5.69 Å². The molecule has 0 saturated carbocycles. The molecule has 6 nitrogen and oxygen atoms in total. The number of aromatic amines is 1. The number of nitrogens with zero attached hydrogens (tertiary/aromatic N) is 1. The Morgan fingerprint density at radius 2 is 1.90 bits per heavy atom. The second-order valence-electron chi connectivity index (χ2n) is 4.14. The van der Waals surface area contributed by atoms with Gasteiger partial charge in [0.2, 0.25) is 0 Å². The molecule has 110 valence electrons. The number of halogens is 2. The van der Waals surface area contributed by atoms with E-state index in [4.69, 9.17) is 4.74 Å². The van der Waals surface area contributed by atoms with Gasteiger partial charge in [0.15, 0.2) is 5.78 Å². The zero-order valence-corrected chi connectivity index (χ0v) is 14.2. The summed E-state index contributed by atoms with van der Waals surface area (Å²) in [7, 11) is 1.47. The van der Waals surface area contributed by atoms with E-state index in [-0.39, 0.29) is 11.3 Å². The number of methoxy groups -OCH3 is 1. The number of nitrogens with one attached hydrogen (secondary N) is 1. The Morgan fingerprint density at radius 1 is 1.24 bits per heavy atom. The molecule has 0 bridgehead atoms. The normalized spacial score (nSPS) is 10.5. The molecule has 8 heteroatoms. The summed E-state index contributed by atoms with van der Waals surface area (Å²) in [5, 5.41) is 0. The van der Waals surface area contributed by atoms with Crippen LogP contribution in [-0.4, -0.2) is 22.4 Å². The van der Waals surface area contributed by atoms with Gasteiger partial charge in [0.05, 0.1) is 22.8 Å². The van der Waals surface area contributed by atoms with Gasteiger partial charge >= 0.3 is 5.69 Å². The van der Waals surface area contributed by atoms with Crippen LogP contribution >= 0.6 is 31.9 Å². The van der Waals surface area contributed by atoms with Crippen LogP contribution in [0.5, 0.6) is 5.75 Å². The van der Waals surface area contributed by atoms with E-state index in [9.17, 15) is 14.4 Å². The lowest BCUT2D eigenvalue weighted by molar-refractivity contribution is 0.101. The van der Waals surface area contributed by atoms with Crippen molar-refractivity contribution in [1.29, 1.82) is 0 Å². The summed E-state index contributed by atoms with van der Waals surface area (Å²) in [5.74, 6) is 0.0259. The zero-order valence-electron chi connectivity index (χ0n) is 11.1. The molecule has 0 aliphatic carbocycles. The van der Waals surface area contributed by atoms with Crippen molar-refractivity contribution in [2.45, 2.75) is 6.92 Å². The number of H-pyrrole nitrogens is 1. The van der Waals surface area contributed by atoms with E-state index in [0.717, 1.165) is 10.8 Å². The molecule has 1 heterocycles. The predicted molar refractivity (Wildman–Crippen MR) is 84.6 cm³/mol. The van der Waals surface area contributed by atoms with Gasteiger partial charge in [-0.05, 0) is 44.8 Å². The molecule has 2 rings (SSSR count). The van der Waals surface area contributed by atoms with Crippen molar-refractivity contribution < 1.29 is 9.53 Å². The molecule has 0 aliphatic rings. The minimum absolute atomic E-state index is 0.0941. The second kappa shape index (κ2) is 5.98. The Balaban J connectivity index is 2.85. The maximum atomic E-state index is 12.3. The first-order valence-corrected chi connectivity index (χ1v) is 7.34. The van der Waals surface area contributed by atoms with Crippen molar-refractivity contribution in [2.75, 3.05) is 7.11 Å². The summed E-state index contributed by atoms with van der Waals surface area (Å²) in [5.41, 5.74) is -1.14. The van der Waals surface area contributed by atoms with Gasteiger partial charge in [0.25, 0.3) is 5.56 Å². The molecule has 21 heavy (non-hydrogen) atoms. The van der Waals surface area contributed by atoms with Crippen molar-refractivity contribution in [3.8, 4) is 11.4 Å². The molecule has 2 aromatic rings. The number of carbonyl (C=O) groups is 1. The highest BCUT2D eigenvalue weighted by atomic mass is 79.9. The van der Waals surface area contributed by atoms with Gasteiger partial charge < -0.3 is 9.72 Å². The standard InChI is InChI=1S/C13H10Br2N2O4/c1-6(18)7-5-16-13(20)17(12(7)19)10-4-11(21-2)9(15)3-8(10)14/h3-5H,1-2H3,(H,16,20). The van der Waals surface area contributed by atoms with E-state index in [1.165, 1.54) is 20.1 Å². The van der Waals surface area contributed by atoms with Crippen molar-refractivity contribution in [3.63, 3.8) is 0 Å². The van der Waals surface area contributed by atoms with Gasteiger partial charge in [-0.3, -0.25) is 9.59 Å². The van der Waals surface area contributed by atoms with Gasteiger partial charge in [-0.1, -0.05) is 0 Å². The van der Waals surface area contributed by atoms with Crippen LogP contribution in [0.1, 0.15) is 17.3 Å². The maximum absolute atomic E-state index is 12.3. The smallest absolute Gasteiger partial charge is 0.333 e. The third kappa shape index (κ3) is 2.86. The van der Waals surface area contributed by atoms with Crippen LogP contribution in [0.15, 0.2) is 36.9 Å². The number of rotatable bonds is 3. The van der Waals surface area contributed by atoms with E-state index in [1.54, 1.807) is 6.07 Å². The Bertz CT molecular complexity index is 839. The van der Waals surface area contributed by atoms with Crippen molar-refractivity contribution in [1.82, 2.24) is 9.55 Å². The molecule has 0 atom stereocenters. The highest BCUT2D eigenvalue weighted by Gasteiger charge is 2.16. The highest BCUT2D eigenvalue weighted by molar-refractivity contribution is 9.11. The molecule has 1 N–H and O–H groups in total. The Kier molecular flexibility index (Phi) is 4.48. The Labute approximate surface area is 136 Å². The molecular formula is C13H10Br2N2O4. The lowest BCUT2D eigenvalue weighted by Gasteiger charge is -2.11. The monoisotopic (exact) mass is 416 g/mol. The molecular weight excluding hydrogens is 408 g/mol. The van der Waals surface area contributed by atoms with Crippen molar-refractivity contribution >= 4 is 37.6 Å². The third-order valence-electron chi connectivity index (χ3n) is 2.82. The van der Waals surface area contributed by atoms with Crippen LogP contribution in [0, 0.1) is 0 Å². The molecule has 1 aromatic heterocycles. The molecule has 1 aromatic carbocycles. The fourth-order valence-corrected chi connectivity index (χ4v) is 3.12. The average Bonchev–Trinajstić information content (AvgIpc) is 2.40. The first-order valence-electron chi connectivity index (χ1n) is 5.76. The summed E-state index contributed by atoms with van der Waals surface area (Å²) >= 11 is 6.60. The molecule has 0 amide bonds. The quantitative estimate of drug-likeness (QED) is 0.776. The van der Waals surface area contributed by atoms with Crippen molar-refractivity contribution in [3.05, 3.63) is 53.7 Å². The van der Waals surface area contributed by atoms with E-state index in [1.807, 2.05) is 0 Å². The number of hydrogen-bond acceptors (Lipinski definition) is 4. The minimum Gasteiger partial charge on any atom is -0.495 e. The number of ether oxygens (including phenoxy) is 1. The second-order valence-corrected chi connectivity index (χ2v) is 5.85. The lowest BCUT2D eigenvalue weighted by Crippen LogP contribution is -2.36. The Morgan fingerprint density at radius 3 is 2.48 bits per heavy atom. The predicted octanol–water partition coefficient (Wildman–Crippen LogP) is 2.26. The molecule has 0 unspecified atom stereocenters. The molecule has 0 radical (unpaired) electrons. The van der Waals surface area contributed by atoms with Gasteiger partial charge in [-0.15, -0.1) is 0 Å². The average molecular weight is 418 g/mol. The van der Waals surface area contributed by atoms with E-state index in [0.29, 0.717) is 14.7 Å². The fourth-order valence-electron chi connectivity index (χ4n) is 1.79. The van der Waals surface area contributed by atoms with Crippen LogP contribution in [-0.2, 0) is 0 Å². The minimum atomic E-state index is -0.684. The Hall–Kier alpha value is -1.67. The topological polar surface area (TPSA) is 81.2 Å². The molecule has 0 aliphatic heterocycles. The number of Topliss-reactive ketones (excluding diaryl/α,β-unsaturated/α-hetero) is 1. The largest absolute Gasteiger partial charge is 0.495 e. The molecule has 0 fully saturated rings. The number of ketones is 1. The first kappa shape index (κ1) is 15.7. The molecule has 0 saturated heterocycles. The zero-order chi connectivity index (χ0) is 15.7. The number of hydrogen-bond donors (Lipinski definition) is 1. The fraction of sp³-hybridized carbons (Fsp3) is 0.154. The van der Waals surface area contributed by atoms with E-state index >= 15 is 0 Å². The summed E-state index contributed by atoms with van der Waals surface area (Å²) in [6.07, 6.45) is 1.12. The number of benzene rings is 1. The number of aromatic nitrogens is 2. The van der Waals surface area contributed by atoms with Crippen LogP contribution in [0.2, 0.25) is 0 Å². The van der Waals surface area contributed by atoms with Gasteiger partial charge in [0, 0.05) is 16.7 Å². The summed E-state index contributed by atoms with van der Waals surface area (Å²) in [6, 6.07) is 3.18. The van der Waals surface area contributed by atoms with Gasteiger partial charge in [-0.25, -0.2) is 9.36 Å². The lowest BCUT2D eigenvalue weighted by atomic mass is 10.2. The summed E-state index contributed by atoms with van der Waals surface area (Å²) in [4.78, 5) is 38.1. The third-order valence-corrected chi connectivity index (χ3v) is 4.07. The maximum Gasteiger partial charge on any atom is 0.333 e.